The summed E-state index contributed by atoms with van der Waals surface area (Å²) in [6.45, 7) is 1.23. The fraction of sp³-hybridized carbons (Fsp3) is 0.357. The topological polar surface area (TPSA) is 200 Å². The van der Waals surface area contributed by atoms with Crippen molar-refractivity contribution in [3.8, 4) is 11.5 Å². The van der Waals surface area contributed by atoms with Gasteiger partial charge < -0.3 is 36.2 Å². The second-order valence-electron chi connectivity index (χ2n) is 9.69. The van der Waals surface area contributed by atoms with Crippen LogP contribution in [0.5, 0.6) is 11.5 Å². The average Bonchev–Trinajstić information content (AvgIpc) is 2.92. The molecule has 13 nitrogen and oxygen atoms in total. The lowest BCUT2D eigenvalue weighted by molar-refractivity contribution is -0.141. The highest BCUT2D eigenvalue weighted by molar-refractivity contribution is 7.80. The fourth-order valence-electron chi connectivity index (χ4n) is 4.28. The summed E-state index contributed by atoms with van der Waals surface area (Å²) < 4.78 is 5.99. The van der Waals surface area contributed by atoms with Crippen molar-refractivity contribution in [3.63, 3.8) is 0 Å². The number of thiol groups is 1. The zero-order valence-electron chi connectivity index (χ0n) is 22.7. The highest BCUT2D eigenvalue weighted by Gasteiger charge is 2.31. The number of carboxylic acids is 2. The molecule has 2 aromatic rings. The number of fused-ring (bicyclic) bond motifs is 4. The Kier molecular flexibility index (Phi) is 11.3. The van der Waals surface area contributed by atoms with Crippen molar-refractivity contribution in [1.29, 1.82) is 0 Å². The molecule has 1 heterocycles. The van der Waals surface area contributed by atoms with Gasteiger partial charge in [0.2, 0.25) is 23.6 Å². The number of rotatable bonds is 8. The average molecular weight is 601 g/mol. The first-order valence-corrected chi connectivity index (χ1v) is 13.7. The number of carbonyl (C=O) groups excluding carboxylic acids is 4. The molecule has 6 N–H and O–H groups in total. The molecular formula is C28H32N4O9S. The minimum absolute atomic E-state index is 0.0290. The molecule has 4 atom stereocenters. The predicted molar refractivity (Wildman–Crippen MR) is 152 cm³/mol. The molecule has 3 rings (SSSR count). The molecule has 0 spiro atoms. The Bertz CT molecular complexity index is 1350. The highest BCUT2D eigenvalue weighted by atomic mass is 32.1. The lowest BCUT2D eigenvalue weighted by Gasteiger charge is -2.26. The van der Waals surface area contributed by atoms with Crippen LogP contribution in [0.4, 0.5) is 0 Å². The van der Waals surface area contributed by atoms with E-state index < -0.39 is 66.2 Å². The van der Waals surface area contributed by atoms with Gasteiger partial charge in [0.1, 0.15) is 35.7 Å². The van der Waals surface area contributed by atoms with E-state index in [-0.39, 0.29) is 25.0 Å². The second-order valence-corrected chi connectivity index (χ2v) is 10.1. The molecule has 0 unspecified atom stereocenters. The Morgan fingerprint density at radius 3 is 2.14 bits per heavy atom. The number of amides is 4. The van der Waals surface area contributed by atoms with Crippen molar-refractivity contribution in [1.82, 2.24) is 21.3 Å². The third-order valence-corrected chi connectivity index (χ3v) is 6.68. The molecule has 42 heavy (non-hydrogen) atoms. The maximum atomic E-state index is 13.4. The van der Waals surface area contributed by atoms with Crippen LogP contribution in [0.2, 0.25) is 0 Å². The maximum Gasteiger partial charge on any atom is 0.327 e. The molecular weight excluding hydrogens is 568 g/mol. The van der Waals surface area contributed by atoms with E-state index >= 15 is 0 Å². The molecule has 0 radical (unpaired) electrons. The summed E-state index contributed by atoms with van der Waals surface area (Å²) in [6, 6.07) is 8.37. The number of carboxylic acid groups (broad SMARTS) is 2. The minimum atomic E-state index is -1.39. The van der Waals surface area contributed by atoms with Gasteiger partial charge in [-0.3, -0.25) is 24.0 Å². The minimum Gasteiger partial charge on any atom is -0.481 e. The molecule has 2 aromatic carbocycles. The van der Waals surface area contributed by atoms with Crippen LogP contribution in [0.3, 0.4) is 0 Å². The van der Waals surface area contributed by atoms with E-state index in [1.54, 1.807) is 48.5 Å². The smallest absolute Gasteiger partial charge is 0.327 e. The summed E-state index contributed by atoms with van der Waals surface area (Å²) in [5.41, 5.74) is 1.20. The van der Waals surface area contributed by atoms with E-state index in [0.717, 1.165) is 0 Å². The van der Waals surface area contributed by atoms with Gasteiger partial charge in [-0.1, -0.05) is 24.3 Å². The number of carbonyl (C=O) groups is 6. The van der Waals surface area contributed by atoms with Gasteiger partial charge in [0.25, 0.3) is 0 Å². The maximum absolute atomic E-state index is 13.4. The standard InChI is InChI=1S/C28H32N4O9S/c1-15(33)29-21-12-16-4-2-6-18(10-16)41-19-7-3-5-17(11-19)13-22(27(38)32-23(14-42)28(39)40)31-25(36)20(30-26(21)37)8-9-24(34)35/h2-7,10-11,20-23,42H,8-9,12-14H2,1H3,(H,29,33)(H,30,37)(H,31,36)(H,32,38)(H,34,35)(H,39,40)/t20-,21-,22-,23-/m0/s1. The Labute approximate surface area is 246 Å². The summed E-state index contributed by atoms with van der Waals surface area (Å²) in [5.74, 6) is -4.86. The zero-order valence-corrected chi connectivity index (χ0v) is 23.6. The Balaban J connectivity index is 2.05. The Morgan fingerprint density at radius 1 is 0.976 bits per heavy atom. The van der Waals surface area contributed by atoms with Crippen LogP contribution in [0.1, 0.15) is 30.9 Å². The van der Waals surface area contributed by atoms with Gasteiger partial charge in [-0.05, 0) is 41.8 Å². The largest absolute Gasteiger partial charge is 0.481 e. The van der Waals surface area contributed by atoms with Crippen LogP contribution in [0.15, 0.2) is 48.5 Å². The normalized spacial score (nSPS) is 19.7. The number of nitrogens with one attached hydrogen (secondary N) is 4. The van der Waals surface area contributed by atoms with Gasteiger partial charge in [0, 0.05) is 31.9 Å². The summed E-state index contributed by atoms with van der Waals surface area (Å²) in [5, 5.41) is 28.5. The third-order valence-electron chi connectivity index (χ3n) is 6.32. The predicted octanol–water partition coefficient (Wildman–Crippen LogP) is 0.416. The molecule has 1 aliphatic rings. The number of aliphatic carboxylic acids is 2. The Morgan fingerprint density at radius 2 is 1.60 bits per heavy atom. The van der Waals surface area contributed by atoms with E-state index in [1.807, 2.05) is 0 Å². The summed E-state index contributed by atoms with van der Waals surface area (Å²) >= 11 is 3.96. The first kappa shape index (κ1) is 31.9. The third kappa shape index (κ3) is 9.51. The quantitative estimate of drug-likeness (QED) is 0.210. The fourth-order valence-corrected chi connectivity index (χ4v) is 4.53. The summed E-state index contributed by atoms with van der Waals surface area (Å²) in [6.07, 6.45) is -0.869. The van der Waals surface area contributed by atoms with Crippen molar-refractivity contribution in [2.45, 2.75) is 56.8 Å². The molecule has 14 heteroatoms. The van der Waals surface area contributed by atoms with Crippen LogP contribution in [-0.2, 0) is 41.6 Å². The van der Waals surface area contributed by atoms with Crippen molar-refractivity contribution in [2.75, 3.05) is 5.75 Å². The van der Waals surface area contributed by atoms with Crippen molar-refractivity contribution in [3.05, 3.63) is 59.7 Å². The van der Waals surface area contributed by atoms with E-state index in [0.29, 0.717) is 22.6 Å². The van der Waals surface area contributed by atoms with E-state index in [4.69, 9.17) is 4.74 Å². The molecule has 0 aromatic heterocycles. The molecule has 0 fully saturated rings. The second kappa shape index (κ2) is 14.9. The van der Waals surface area contributed by atoms with Crippen LogP contribution < -0.4 is 26.0 Å². The van der Waals surface area contributed by atoms with Crippen LogP contribution in [0, 0.1) is 0 Å². The number of ether oxygens (including phenoxy) is 1. The van der Waals surface area contributed by atoms with Gasteiger partial charge >= 0.3 is 11.9 Å². The molecule has 4 amide bonds. The SMILES string of the molecule is CC(=O)N[C@H]1Cc2cccc(c2)Oc2cccc(c2)C[C@@H](C(=O)N[C@@H](CS)C(=O)O)NC(=O)[C@H](CCC(=O)O)NC1=O. The van der Waals surface area contributed by atoms with Gasteiger partial charge in [0.15, 0.2) is 0 Å². The summed E-state index contributed by atoms with van der Waals surface area (Å²) in [7, 11) is 0. The molecule has 0 aliphatic carbocycles. The van der Waals surface area contributed by atoms with Crippen LogP contribution in [-0.4, -0.2) is 75.7 Å². The molecule has 1 aliphatic heterocycles. The first-order chi connectivity index (χ1) is 19.9. The summed E-state index contributed by atoms with van der Waals surface area (Å²) in [4.78, 5) is 74.7. The zero-order chi connectivity index (χ0) is 30.8. The molecule has 4 bridgehead atoms. The lowest BCUT2D eigenvalue weighted by atomic mass is 10.0. The van der Waals surface area contributed by atoms with E-state index in [1.165, 1.54) is 6.92 Å². The lowest BCUT2D eigenvalue weighted by Crippen LogP contribution is -2.58. The van der Waals surface area contributed by atoms with Gasteiger partial charge in [-0.2, -0.15) is 12.6 Å². The highest BCUT2D eigenvalue weighted by Crippen LogP contribution is 2.24. The number of hydrogen-bond acceptors (Lipinski definition) is 8. The van der Waals surface area contributed by atoms with Crippen LogP contribution in [0.25, 0.3) is 0 Å². The van der Waals surface area contributed by atoms with Crippen LogP contribution >= 0.6 is 12.6 Å². The van der Waals surface area contributed by atoms with E-state index in [2.05, 4.69) is 33.9 Å². The van der Waals surface area contributed by atoms with Crippen molar-refractivity contribution in [2.24, 2.45) is 0 Å². The molecule has 224 valence electrons. The van der Waals surface area contributed by atoms with Crippen molar-refractivity contribution < 1.29 is 43.7 Å². The van der Waals surface area contributed by atoms with Gasteiger partial charge in [-0.25, -0.2) is 4.79 Å². The first-order valence-electron chi connectivity index (χ1n) is 13.0. The van der Waals surface area contributed by atoms with Gasteiger partial charge in [0.05, 0.1) is 0 Å². The van der Waals surface area contributed by atoms with E-state index in [9.17, 15) is 39.0 Å². The van der Waals surface area contributed by atoms with Crippen molar-refractivity contribution >= 4 is 48.2 Å². The Hall–Kier alpha value is -4.59. The number of benzene rings is 2. The molecule has 0 saturated carbocycles. The van der Waals surface area contributed by atoms with Gasteiger partial charge in [-0.15, -0.1) is 0 Å². The molecule has 0 saturated heterocycles. The number of hydrogen-bond donors (Lipinski definition) is 7. The monoisotopic (exact) mass is 600 g/mol.